The molecule has 0 radical (unpaired) electrons. The van der Waals surface area contributed by atoms with Crippen LogP contribution in [0.2, 0.25) is 0 Å². The van der Waals surface area contributed by atoms with Crippen molar-refractivity contribution in [3.8, 4) is 0 Å². The predicted octanol–water partition coefficient (Wildman–Crippen LogP) is 3.62. The number of allylic oxidation sites excluding steroid dienone is 4. The van der Waals surface area contributed by atoms with Gasteiger partial charge >= 0.3 is 0 Å². The Hall–Kier alpha value is -2.60. The topological polar surface area (TPSA) is 50.7 Å². The quantitative estimate of drug-likeness (QED) is 0.667. The summed E-state index contributed by atoms with van der Waals surface area (Å²) >= 11 is 1.74. The van der Waals surface area contributed by atoms with E-state index in [-0.39, 0.29) is 4.59 Å². The second-order valence-electron chi connectivity index (χ2n) is 5.68. The third-order valence-electron chi connectivity index (χ3n) is 4.33. The van der Waals surface area contributed by atoms with Crippen LogP contribution in [0.4, 0.5) is 0 Å². The van der Waals surface area contributed by atoms with Gasteiger partial charge in [0, 0.05) is 10.3 Å². The van der Waals surface area contributed by atoms with Crippen LogP contribution in [-0.4, -0.2) is 16.6 Å². The van der Waals surface area contributed by atoms with Gasteiger partial charge in [-0.2, -0.15) is 10.8 Å². The third kappa shape index (κ3) is 1.72. The summed E-state index contributed by atoms with van der Waals surface area (Å²) in [5.41, 5.74) is 3.95. The van der Waals surface area contributed by atoms with Gasteiger partial charge in [-0.25, -0.2) is 0 Å². The third-order valence-corrected chi connectivity index (χ3v) is 5.23. The Labute approximate surface area is 137 Å². The van der Waals surface area contributed by atoms with E-state index in [1.807, 2.05) is 30.6 Å². The summed E-state index contributed by atoms with van der Waals surface area (Å²) in [4.78, 5) is 9.12. The summed E-state index contributed by atoms with van der Waals surface area (Å²) in [5.74, 6) is 7.51. The van der Waals surface area contributed by atoms with Gasteiger partial charge in [0.2, 0.25) is 5.70 Å². The lowest BCUT2D eigenvalue weighted by atomic mass is 10.0. The van der Waals surface area contributed by atoms with E-state index in [1.54, 1.807) is 17.5 Å². The van der Waals surface area contributed by atoms with Gasteiger partial charge in [0.15, 0.2) is 0 Å². The van der Waals surface area contributed by atoms with E-state index in [4.69, 9.17) is 10.8 Å². The monoisotopic (exact) mass is 317 g/mol. The van der Waals surface area contributed by atoms with Gasteiger partial charge in [-0.3, -0.25) is 4.99 Å². The highest BCUT2D eigenvalue weighted by molar-refractivity contribution is 7.17. The maximum Gasteiger partial charge on any atom is 0.265 e. The van der Waals surface area contributed by atoms with Gasteiger partial charge in [0.25, 0.3) is 5.84 Å². The van der Waals surface area contributed by atoms with Gasteiger partial charge in [-0.15, -0.1) is 15.9 Å². The van der Waals surface area contributed by atoms with Gasteiger partial charge in [-0.05, 0) is 35.0 Å². The second kappa shape index (κ2) is 4.45. The Bertz CT molecular complexity index is 1030. The van der Waals surface area contributed by atoms with E-state index in [2.05, 4.69) is 34.6 Å². The number of amidine groups is 1. The number of hydrogen-bond acceptors (Lipinski definition) is 4. The van der Waals surface area contributed by atoms with Gasteiger partial charge in [0.1, 0.15) is 11.9 Å². The van der Waals surface area contributed by atoms with Crippen LogP contribution >= 0.6 is 11.3 Å². The lowest BCUT2D eigenvalue weighted by Gasteiger charge is -2.26. The molecule has 5 heteroatoms. The van der Waals surface area contributed by atoms with Crippen LogP contribution in [0.3, 0.4) is 0 Å². The van der Waals surface area contributed by atoms with E-state index in [9.17, 15) is 0 Å². The van der Waals surface area contributed by atoms with Crippen molar-refractivity contribution in [1.29, 1.82) is 0 Å². The molecular weight excluding hydrogens is 304 g/mol. The van der Waals surface area contributed by atoms with Crippen molar-refractivity contribution in [1.82, 2.24) is 0 Å². The molecule has 1 aromatic carbocycles. The van der Waals surface area contributed by atoms with E-state index in [0.29, 0.717) is 0 Å². The largest absolute Gasteiger partial charge is 0.265 e. The van der Waals surface area contributed by atoms with Crippen molar-refractivity contribution < 1.29 is 4.59 Å². The number of rotatable bonds is 2. The summed E-state index contributed by atoms with van der Waals surface area (Å²) < 4.78 is 1.34. The van der Waals surface area contributed by atoms with Gasteiger partial charge in [0.05, 0.1) is 18.0 Å². The zero-order valence-corrected chi connectivity index (χ0v) is 13.0. The molecule has 2 N–H and O–H groups in total. The van der Waals surface area contributed by atoms with Crippen molar-refractivity contribution in [2.24, 2.45) is 15.8 Å². The number of hydrogen-bond donors (Lipinski definition) is 1. The average molecular weight is 317 g/mol. The average Bonchev–Trinajstić information content (AvgIpc) is 3.07. The molecule has 0 fully saturated rings. The standard InChI is InChI=1S/C18H13N4S/c19-22-8-7-20-11-15(22)17(12-2-1-3-12)21-18(22)14-4-5-16-13(10-14)6-9-23-16/h1-11H,19H2/q+1. The molecule has 4 nitrogen and oxygen atoms in total. The number of aliphatic imine (C=N–C) groups is 2. The van der Waals surface area contributed by atoms with E-state index >= 15 is 0 Å². The highest BCUT2D eigenvalue weighted by Gasteiger charge is 2.44. The first-order valence-corrected chi connectivity index (χ1v) is 8.22. The van der Waals surface area contributed by atoms with Crippen LogP contribution in [0.1, 0.15) is 5.56 Å². The second-order valence-corrected chi connectivity index (χ2v) is 6.62. The van der Waals surface area contributed by atoms with Crippen LogP contribution in [-0.2, 0) is 0 Å². The summed E-state index contributed by atoms with van der Waals surface area (Å²) in [6, 6.07) is 8.50. The van der Waals surface area contributed by atoms with E-state index in [0.717, 1.165) is 28.4 Å². The lowest BCUT2D eigenvalue weighted by molar-refractivity contribution is -0.750. The SMILES string of the molecule is N[N+]12C=CN=CC1=C(C1=CC=C1)N=C2c1ccc2sccc2c1. The molecule has 0 spiro atoms. The first-order chi connectivity index (χ1) is 11.3. The molecule has 5 rings (SSSR count). The Morgan fingerprint density at radius 3 is 2.91 bits per heavy atom. The van der Waals surface area contributed by atoms with Crippen molar-refractivity contribution in [3.63, 3.8) is 0 Å². The molecule has 23 heavy (non-hydrogen) atoms. The minimum atomic E-state index is 0.0691. The molecule has 3 aliphatic rings. The van der Waals surface area contributed by atoms with Crippen LogP contribution < -0.4 is 5.84 Å². The summed E-state index contributed by atoms with van der Waals surface area (Å²) in [5, 5.41) is 3.32. The fourth-order valence-corrected chi connectivity index (χ4v) is 3.82. The first-order valence-electron chi connectivity index (χ1n) is 7.34. The minimum absolute atomic E-state index is 0.0691. The highest BCUT2D eigenvalue weighted by Crippen LogP contribution is 2.36. The van der Waals surface area contributed by atoms with E-state index in [1.165, 1.54) is 10.1 Å². The van der Waals surface area contributed by atoms with E-state index < -0.39 is 0 Å². The Morgan fingerprint density at radius 1 is 1.17 bits per heavy atom. The molecule has 3 heterocycles. The van der Waals surface area contributed by atoms with Crippen molar-refractivity contribution in [3.05, 3.63) is 82.8 Å². The maximum atomic E-state index is 6.69. The summed E-state index contributed by atoms with van der Waals surface area (Å²) in [7, 11) is 0. The van der Waals surface area contributed by atoms with Gasteiger partial charge in [-0.1, -0.05) is 18.2 Å². The molecule has 1 atom stereocenters. The smallest absolute Gasteiger partial charge is 0.253 e. The first kappa shape index (κ1) is 12.9. The van der Waals surface area contributed by atoms with Crippen LogP contribution in [0.5, 0.6) is 0 Å². The number of thiophene rings is 1. The number of nitrogens with two attached hydrogens (primary N) is 1. The Kier molecular flexibility index (Phi) is 2.50. The summed E-state index contributed by atoms with van der Waals surface area (Å²) in [6.07, 6.45) is 11.5. The Balaban J connectivity index is 1.70. The number of quaternary nitrogens is 1. The molecule has 0 saturated carbocycles. The fraction of sp³-hybridized carbons (Fsp3) is 0. The lowest BCUT2D eigenvalue weighted by Crippen LogP contribution is -2.53. The van der Waals surface area contributed by atoms with Crippen LogP contribution in [0.25, 0.3) is 10.1 Å². The van der Waals surface area contributed by atoms with Crippen molar-refractivity contribution >= 4 is 33.5 Å². The number of benzene rings is 1. The van der Waals surface area contributed by atoms with Gasteiger partial charge < -0.3 is 0 Å². The minimum Gasteiger partial charge on any atom is -0.253 e. The molecule has 2 aromatic rings. The molecule has 0 bridgehead atoms. The molecule has 0 saturated heterocycles. The number of nitrogens with zero attached hydrogens (tertiary/aromatic N) is 3. The fourth-order valence-electron chi connectivity index (χ4n) is 3.05. The predicted molar refractivity (Wildman–Crippen MR) is 94.7 cm³/mol. The van der Waals surface area contributed by atoms with Crippen LogP contribution in [0.15, 0.2) is 87.2 Å². The molecule has 1 unspecified atom stereocenters. The van der Waals surface area contributed by atoms with Crippen molar-refractivity contribution in [2.45, 2.75) is 0 Å². The zero-order valence-electron chi connectivity index (χ0n) is 12.2. The molecular formula is C18H13N4S+. The normalized spacial score (nSPS) is 24.7. The molecule has 1 aliphatic carbocycles. The number of fused-ring (bicyclic) bond motifs is 2. The molecule has 110 valence electrons. The summed E-state index contributed by atoms with van der Waals surface area (Å²) in [6.45, 7) is 0. The highest BCUT2D eigenvalue weighted by atomic mass is 32.1. The van der Waals surface area contributed by atoms with Crippen molar-refractivity contribution in [2.75, 3.05) is 0 Å². The Morgan fingerprint density at radius 2 is 2.09 bits per heavy atom. The van der Waals surface area contributed by atoms with Crippen LogP contribution in [0, 0.1) is 0 Å². The molecule has 0 amide bonds. The molecule has 1 aromatic heterocycles. The molecule has 2 aliphatic heterocycles. The zero-order chi connectivity index (χ0) is 15.4. The maximum absolute atomic E-state index is 6.69.